The first kappa shape index (κ1) is 21.8. The molecule has 0 bridgehead atoms. The summed E-state index contributed by atoms with van der Waals surface area (Å²) >= 11 is 0. The molecule has 2 aromatic heterocycles. The second kappa shape index (κ2) is 10.2. The smallest absolute Gasteiger partial charge is 0.255 e. The predicted molar refractivity (Wildman–Crippen MR) is 124 cm³/mol. The van der Waals surface area contributed by atoms with E-state index in [1.54, 1.807) is 19.4 Å². The third-order valence-corrected chi connectivity index (χ3v) is 5.91. The summed E-state index contributed by atoms with van der Waals surface area (Å²) in [5.74, 6) is 1.17. The van der Waals surface area contributed by atoms with E-state index in [0.717, 1.165) is 49.5 Å². The lowest BCUT2D eigenvalue weighted by atomic mass is 9.92. The highest BCUT2D eigenvalue weighted by Gasteiger charge is 2.23. The van der Waals surface area contributed by atoms with Gasteiger partial charge in [0.25, 0.3) is 5.91 Å². The van der Waals surface area contributed by atoms with Crippen LogP contribution in [0.25, 0.3) is 0 Å². The van der Waals surface area contributed by atoms with Gasteiger partial charge in [0, 0.05) is 37.1 Å². The summed E-state index contributed by atoms with van der Waals surface area (Å²) in [6.45, 7) is 3.32. The Hall–Kier alpha value is -3.45. The Morgan fingerprint density at radius 1 is 1.16 bits per heavy atom. The Kier molecular flexibility index (Phi) is 6.97. The van der Waals surface area contributed by atoms with Crippen LogP contribution in [0, 0.1) is 0 Å². The molecule has 32 heavy (non-hydrogen) atoms. The van der Waals surface area contributed by atoms with Gasteiger partial charge in [0.1, 0.15) is 11.6 Å². The van der Waals surface area contributed by atoms with Crippen molar-refractivity contribution in [2.45, 2.75) is 31.8 Å². The van der Waals surface area contributed by atoms with Gasteiger partial charge in [-0.25, -0.2) is 4.98 Å². The molecule has 4 rings (SSSR count). The van der Waals surface area contributed by atoms with Crippen molar-refractivity contribution in [1.29, 1.82) is 0 Å². The molecule has 1 aliphatic rings. The van der Waals surface area contributed by atoms with Crippen LogP contribution in [0.2, 0.25) is 0 Å². The number of nitrogens with zero attached hydrogens (tertiary/aromatic N) is 3. The highest BCUT2D eigenvalue weighted by atomic mass is 16.5. The molecule has 3 aromatic rings. The number of nitrogens with two attached hydrogens (primary N) is 1. The van der Waals surface area contributed by atoms with Crippen molar-refractivity contribution in [3.8, 4) is 5.75 Å². The summed E-state index contributed by atoms with van der Waals surface area (Å²) < 4.78 is 5.22. The Morgan fingerprint density at radius 2 is 1.97 bits per heavy atom. The molecule has 166 valence electrons. The Balaban J connectivity index is 1.32. The lowest BCUT2D eigenvalue weighted by molar-refractivity contribution is 0.0951. The predicted octanol–water partition coefficient (Wildman–Crippen LogP) is 3.38. The van der Waals surface area contributed by atoms with Gasteiger partial charge in [-0.05, 0) is 67.4 Å². The van der Waals surface area contributed by atoms with Gasteiger partial charge in [-0.2, -0.15) is 0 Å². The van der Waals surface area contributed by atoms with Crippen molar-refractivity contribution in [3.63, 3.8) is 0 Å². The molecule has 1 fully saturated rings. The number of nitrogens with one attached hydrogen (secondary N) is 1. The summed E-state index contributed by atoms with van der Waals surface area (Å²) in [6.07, 6.45) is 5.77. The molecule has 1 aliphatic heterocycles. The third-order valence-electron chi connectivity index (χ3n) is 5.91. The molecule has 0 atom stereocenters. The summed E-state index contributed by atoms with van der Waals surface area (Å²) in [5, 5.41) is 2.91. The van der Waals surface area contributed by atoms with Crippen LogP contribution >= 0.6 is 0 Å². The molecular weight excluding hydrogens is 402 g/mol. The second-order valence-electron chi connectivity index (χ2n) is 8.11. The molecule has 0 saturated carbocycles. The van der Waals surface area contributed by atoms with Gasteiger partial charge in [-0.1, -0.05) is 18.2 Å². The van der Waals surface area contributed by atoms with Crippen molar-refractivity contribution in [3.05, 3.63) is 83.3 Å². The number of carbonyl (C=O) groups excluding carboxylic acids is 1. The minimum atomic E-state index is -0.226. The first-order valence-electron chi connectivity index (χ1n) is 10.9. The molecule has 3 N–H and O–H groups in total. The van der Waals surface area contributed by atoms with Gasteiger partial charge in [0.2, 0.25) is 0 Å². The maximum absolute atomic E-state index is 12.6. The Labute approximate surface area is 188 Å². The monoisotopic (exact) mass is 431 g/mol. The molecule has 3 heterocycles. The third kappa shape index (κ3) is 5.42. The fourth-order valence-corrected chi connectivity index (χ4v) is 4.11. The number of amides is 1. The van der Waals surface area contributed by atoms with Crippen molar-refractivity contribution < 1.29 is 9.53 Å². The van der Waals surface area contributed by atoms with Gasteiger partial charge < -0.3 is 15.8 Å². The highest BCUT2D eigenvalue weighted by Crippen LogP contribution is 2.28. The normalized spacial score (nSPS) is 14.8. The van der Waals surface area contributed by atoms with Crippen molar-refractivity contribution in [2.24, 2.45) is 0 Å². The van der Waals surface area contributed by atoms with E-state index in [4.69, 9.17) is 10.5 Å². The zero-order chi connectivity index (χ0) is 22.3. The molecule has 0 unspecified atom stereocenters. The molecule has 0 spiro atoms. The molecule has 0 aliphatic carbocycles. The molecule has 1 amide bonds. The van der Waals surface area contributed by atoms with E-state index in [9.17, 15) is 4.79 Å². The molecule has 1 aromatic carbocycles. The number of aromatic nitrogens is 2. The van der Waals surface area contributed by atoms with Crippen molar-refractivity contribution >= 4 is 11.7 Å². The van der Waals surface area contributed by atoms with Gasteiger partial charge >= 0.3 is 0 Å². The number of piperidine rings is 1. The van der Waals surface area contributed by atoms with E-state index in [1.807, 2.05) is 42.6 Å². The number of pyridine rings is 2. The Morgan fingerprint density at radius 3 is 2.69 bits per heavy atom. The second-order valence-corrected chi connectivity index (χ2v) is 8.11. The van der Waals surface area contributed by atoms with E-state index in [0.29, 0.717) is 18.0 Å². The lowest BCUT2D eigenvalue weighted by Gasteiger charge is -2.31. The lowest BCUT2D eigenvalue weighted by Crippen LogP contribution is -2.32. The van der Waals surface area contributed by atoms with Gasteiger partial charge in [-0.3, -0.25) is 14.7 Å². The van der Waals surface area contributed by atoms with Crippen LogP contribution in [0.5, 0.6) is 5.75 Å². The average molecular weight is 432 g/mol. The van der Waals surface area contributed by atoms with E-state index in [2.05, 4.69) is 26.3 Å². The minimum absolute atomic E-state index is 0.226. The first-order chi connectivity index (χ1) is 15.6. The SMILES string of the molecule is COc1cccc(CNC(=O)c2ccc(C3CCN(Cc4cccnc4)CC3)nc2N)c1. The molecule has 7 heteroatoms. The van der Waals surface area contributed by atoms with Crippen LogP contribution in [0.1, 0.15) is 45.9 Å². The molecular formula is C25H29N5O2. The van der Waals surface area contributed by atoms with E-state index in [-0.39, 0.29) is 11.7 Å². The van der Waals surface area contributed by atoms with Crippen LogP contribution in [-0.2, 0) is 13.1 Å². The largest absolute Gasteiger partial charge is 0.497 e. The quantitative estimate of drug-likeness (QED) is 0.596. The van der Waals surface area contributed by atoms with E-state index in [1.165, 1.54) is 5.56 Å². The number of nitrogen functional groups attached to an aromatic ring is 1. The van der Waals surface area contributed by atoms with Crippen molar-refractivity contribution in [1.82, 2.24) is 20.2 Å². The molecule has 0 radical (unpaired) electrons. The topological polar surface area (TPSA) is 93.4 Å². The zero-order valence-electron chi connectivity index (χ0n) is 18.3. The van der Waals surface area contributed by atoms with E-state index < -0.39 is 0 Å². The number of benzene rings is 1. The molecule has 1 saturated heterocycles. The van der Waals surface area contributed by atoms with Crippen LogP contribution in [-0.4, -0.2) is 41.0 Å². The van der Waals surface area contributed by atoms with Crippen molar-refractivity contribution in [2.75, 3.05) is 25.9 Å². The van der Waals surface area contributed by atoms with Crippen LogP contribution in [0.4, 0.5) is 5.82 Å². The fourth-order valence-electron chi connectivity index (χ4n) is 4.11. The summed E-state index contributed by atoms with van der Waals surface area (Å²) in [6, 6.07) is 15.4. The maximum atomic E-state index is 12.6. The van der Waals surface area contributed by atoms with Crippen LogP contribution in [0.3, 0.4) is 0 Å². The number of hydrogen-bond acceptors (Lipinski definition) is 6. The molecule has 7 nitrogen and oxygen atoms in total. The van der Waals surface area contributed by atoms with Gasteiger partial charge in [0.15, 0.2) is 0 Å². The number of methoxy groups -OCH3 is 1. The standard InChI is InChI=1S/C25H29N5O2/c1-32-21-6-2-4-18(14-21)16-28-25(31)22-7-8-23(29-24(22)26)20-9-12-30(13-10-20)17-19-5-3-11-27-15-19/h2-8,11,14-15,20H,9-10,12-13,16-17H2,1H3,(H2,26,29)(H,28,31). The van der Waals surface area contributed by atoms with Gasteiger partial charge in [-0.15, -0.1) is 0 Å². The maximum Gasteiger partial charge on any atom is 0.255 e. The zero-order valence-corrected chi connectivity index (χ0v) is 18.3. The van der Waals surface area contributed by atoms with Crippen LogP contribution in [0.15, 0.2) is 60.9 Å². The van der Waals surface area contributed by atoms with Crippen LogP contribution < -0.4 is 15.8 Å². The number of likely N-dealkylation sites (tertiary alicyclic amines) is 1. The highest BCUT2D eigenvalue weighted by molar-refractivity contribution is 5.98. The summed E-state index contributed by atoms with van der Waals surface area (Å²) in [5.41, 5.74) is 9.73. The number of hydrogen-bond donors (Lipinski definition) is 2. The number of carbonyl (C=O) groups is 1. The fraction of sp³-hybridized carbons (Fsp3) is 0.320. The summed E-state index contributed by atoms with van der Waals surface area (Å²) in [7, 11) is 1.62. The number of rotatable bonds is 7. The number of anilines is 1. The number of ether oxygens (including phenoxy) is 1. The van der Waals surface area contributed by atoms with Gasteiger partial charge in [0.05, 0.1) is 12.7 Å². The minimum Gasteiger partial charge on any atom is -0.497 e. The first-order valence-corrected chi connectivity index (χ1v) is 10.9. The summed E-state index contributed by atoms with van der Waals surface area (Å²) in [4.78, 5) is 23.8. The Bertz CT molecular complexity index is 1050. The van der Waals surface area contributed by atoms with E-state index >= 15 is 0 Å². The average Bonchev–Trinajstić information content (AvgIpc) is 2.84.